The molecular weight excluding hydrogens is 288 g/mol. The van der Waals surface area contributed by atoms with Crippen molar-refractivity contribution in [1.29, 1.82) is 0 Å². The molecule has 3 heteroatoms. The lowest BCUT2D eigenvalue weighted by Gasteiger charge is -2.53. The van der Waals surface area contributed by atoms with E-state index in [2.05, 4.69) is 30.3 Å². The van der Waals surface area contributed by atoms with E-state index < -0.39 is 0 Å². The minimum Gasteiger partial charge on any atom is -0.465 e. The number of carbonyl (C=O) groups excluding carboxylic acids is 1. The predicted octanol–water partition coefficient (Wildman–Crippen LogP) is 4.04. The average molecular weight is 308 g/mol. The Bertz CT molecular complexity index is 707. The maximum Gasteiger partial charge on any atom is 0.337 e. The maximum absolute atomic E-state index is 11.6. The van der Waals surface area contributed by atoms with E-state index >= 15 is 0 Å². The van der Waals surface area contributed by atoms with Gasteiger partial charge in [0.1, 0.15) is 0 Å². The second-order valence-corrected chi connectivity index (χ2v) is 6.42. The molecule has 0 bridgehead atoms. The molecule has 118 valence electrons. The van der Waals surface area contributed by atoms with Gasteiger partial charge in [-0.1, -0.05) is 42.5 Å². The summed E-state index contributed by atoms with van der Waals surface area (Å²) in [6, 6.07) is 18.4. The molecule has 1 heterocycles. The Balaban J connectivity index is 1.68. The van der Waals surface area contributed by atoms with Crippen LogP contribution in [0.4, 0.5) is 0 Å². The lowest BCUT2D eigenvalue weighted by Crippen LogP contribution is -2.54. The van der Waals surface area contributed by atoms with Gasteiger partial charge in [-0.3, -0.25) is 0 Å². The summed E-state index contributed by atoms with van der Waals surface area (Å²) in [5.74, 6) is -0.303. The number of esters is 1. The second-order valence-electron chi connectivity index (χ2n) is 6.42. The van der Waals surface area contributed by atoms with Gasteiger partial charge in [-0.2, -0.15) is 0 Å². The molecule has 23 heavy (non-hydrogen) atoms. The summed E-state index contributed by atoms with van der Waals surface area (Å²) in [6.07, 6.45) is 3.88. The normalized spacial score (nSPS) is 28.7. The van der Waals surface area contributed by atoms with Gasteiger partial charge in [-0.25, -0.2) is 4.79 Å². The Kier molecular flexibility index (Phi) is 3.46. The number of ether oxygens (including phenoxy) is 2. The minimum atomic E-state index is -0.303. The van der Waals surface area contributed by atoms with Crippen molar-refractivity contribution in [2.45, 2.75) is 36.9 Å². The van der Waals surface area contributed by atoms with E-state index in [1.807, 2.05) is 24.3 Å². The Morgan fingerprint density at radius 2 is 1.87 bits per heavy atom. The highest BCUT2D eigenvalue weighted by Crippen LogP contribution is 2.60. The smallest absolute Gasteiger partial charge is 0.337 e. The first-order valence-corrected chi connectivity index (χ1v) is 8.15. The molecule has 4 rings (SSSR count). The van der Waals surface area contributed by atoms with E-state index in [4.69, 9.17) is 9.47 Å². The van der Waals surface area contributed by atoms with Crippen LogP contribution >= 0.6 is 0 Å². The molecule has 1 saturated carbocycles. The highest BCUT2D eigenvalue weighted by molar-refractivity contribution is 5.89. The highest BCUT2D eigenvalue weighted by Gasteiger charge is 2.60. The van der Waals surface area contributed by atoms with Gasteiger partial charge in [0.2, 0.25) is 0 Å². The van der Waals surface area contributed by atoms with Crippen molar-refractivity contribution in [3.8, 4) is 0 Å². The first-order chi connectivity index (χ1) is 11.3. The van der Waals surface area contributed by atoms with Crippen LogP contribution in [0.1, 0.15) is 46.9 Å². The fourth-order valence-electron chi connectivity index (χ4n) is 4.22. The molecule has 2 aromatic carbocycles. The zero-order valence-electron chi connectivity index (χ0n) is 13.2. The molecule has 1 aliphatic heterocycles. The maximum atomic E-state index is 11.6. The first-order valence-electron chi connectivity index (χ1n) is 8.15. The largest absolute Gasteiger partial charge is 0.465 e. The fourth-order valence-corrected chi connectivity index (χ4v) is 4.22. The number of rotatable bonds is 3. The van der Waals surface area contributed by atoms with Crippen LogP contribution in [0.15, 0.2) is 54.6 Å². The standard InChI is InChI=1S/C20H20O3/c1-22-19(21)15-11-9-14(10-12-15)18-20(13-5-8-17(20)23-18)16-6-3-2-4-7-16/h2-4,6-7,9-12,17-18H,5,8,13H2,1H3/t17-,18-,20-/m1/s1. The van der Waals surface area contributed by atoms with Crippen LogP contribution in [0.25, 0.3) is 0 Å². The van der Waals surface area contributed by atoms with E-state index in [0.717, 1.165) is 18.4 Å². The number of carbonyl (C=O) groups is 1. The molecule has 0 unspecified atom stereocenters. The Morgan fingerprint density at radius 1 is 1.13 bits per heavy atom. The van der Waals surface area contributed by atoms with Crippen molar-refractivity contribution in [3.63, 3.8) is 0 Å². The predicted molar refractivity (Wildman–Crippen MR) is 87.4 cm³/mol. The lowest BCUT2D eigenvalue weighted by molar-refractivity contribution is -0.194. The van der Waals surface area contributed by atoms with E-state index in [1.165, 1.54) is 19.1 Å². The molecule has 2 fully saturated rings. The zero-order chi connectivity index (χ0) is 15.9. The summed E-state index contributed by atoms with van der Waals surface area (Å²) in [4.78, 5) is 11.6. The highest BCUT2D eigenvalue weighted by atomic mass is 16.5. The topological polar surface area (TPSA) is 35.5 Å². The third-order valence-corrected chi connectivity index (χ3v) is 5.35. The molecule has 0 aromatic heterocycles. The summed E-state index contributed by atoms with van der Waals surface area (Å²) in [7, 11) is 1.40. The van der Waals surface area contributed by atoms with Crippen LogP contribution in [-0.2, 0) is 14.9 Å². The molecule has 1 saturated heterocycles. The number of hydrogen-bond donors (Lipinski definition) is 0. The van der Waals surface area contributed by atoms with Gasteiger partial charge in [0, 0.05) is 0 Å². The van der Waals surface area contributed by atoms with Crippen LogP contribution in [0.5, 0.6) is 0 Å². The number of methoxy groups -OCH3 is 1. The van der Waals surface area contributed by atoms with Crippen molar-refractivity contribution >= 4 is 5.97 Å². The molecule has 3 nitrogen and oxygen atoms in total. The molecule has 0 spiro atoms. The molecule has 2 aliphatic rings. The molecule has 0 amide bonds. The van der Waals surface area contributed by atoms with Gasteiger partial charge in [-0.05, 0) is 42.5 Å². The van der Waals surface area contributed by atoms with Gasteiger partial charge >= 0.3 is 5.97 Å². The summed E-state index contributed by atoms with van der Waals surface area (Å²) < 4.78 is 11.0. The van der Waals surface area contributed by atoms with Crippen molar-refractivity contribution < 1.29 is 14.3 Å². The molecule has 2 aromatic rings. The van der Waals surface area contributed by atoms with E-state index in [0.29, 0.717) is 11.7 Å². The van der Waals surface area contributed by atoms with Crippen molar-refractivity contribution in [3.05, 3.63) is 71.3 Å². The fraction of sp³-hybridized carbons (Fsp3) is 0.350. The van der Waals surface area contributed by atoms with E-state index in [9.17, 15) is 4.79 Å². The van der Waals surface area contributed by atoms with Gasteiger partial charge in [0.05, 0.1) is 30.3 Å². The van der Waals surface area contributed by atoms with Crippen molar-refractivity contribution in [2.75, 3.05) is 7.11 Å². The lowest BCUT2D eigenvalue weighted by atomic mass is 9.66. The number of benzene rings is 2. The third-order valence-electron chi connectivity index (χ3n) is 5.35. The van der Waals surface area contributed by atoms with Crippen molar-refractivity contribution in [1.82, 2.24) is 0 Å². The summed E-state index contributed by atoms with van der Waals surface area (Å²) in [6.45, 7) is 0. The molecular formula is C20H20O3. The van der Waals surface area contributed by atoms with E-state index in [-0.39, 0.29) is 17.5 Å². The van der Waals surface area contributed by atoms with Gasteiger partial charge in [0.25, 0.3) is 0 Å². The SMILES string of the molecule is COC(=O)c1ccc([C@H]2O[C@@H]3CCC[C@]23c2ccccc2)cc1. The van der Waals surface area contributed by atoms with Crippen LogP contribution < -0.4 is 0 Å². The van der Waals surface area contributed by atoms with Crippen LogP contribution in [0.2, 0.25) is 0 Å². The van der Waals surface area contributed by atoms with E-state index in [1.54, 1.807) is 0 Å². The quantitative estimate of drug-likeness (QED) is 0.803. The van der Waals surface area contributed by atoms with Gasteiger partial charge in [-0.15, -0.1) is 0 Å². The Labute approximate surface area is 136 Å². The molecule has 0 radical (unpaired) electrons. The van der Waals surface area contributed by atoms with Gasteiger partial charge < -0.3 is 9.47 Å². The molecule has 0 N–H and O–H groups in total. The Morgan fingerprint density at radius 3 is 2.52 bits per heavy atom. The number of hydrogen-bond acceptors (Lipinski definition) is 3. The Hall–Kier alpha value is -2.13. The molecule has 3 atom stereocenters. The zero-order valence-corrected chi connectivity index (χ0v) is 13.2. The van der Waals surface area contributed by atoms with Crippen LogP contribution in [0.3, 0.4) is 0 Å². The average Bonchev–Trinajstić information content (AvgIpc) is 2.93. The molecule has 1 aliphatic carbocycles. The first kappa shape index (κ1) is 14.5. The van der Waals surface area contributed by atoms with Gasteiger partial charge in [0.15, 0.2) is 0 Å². The van der Waals surface area contributed by atoms with Crippen LogP contribution in [0, 0.1) is 0 Å². The minimum absolute atomic E-state index is 0.0732. The van der Waals surface area contributed by atoms with Crippen molar-refractivity contribution in [2.24, 2.45) is 0 Å². The number of fused-ring (bicyclic) bond motifs is 1. The summed E-state index contributed by atoms with van der Waals surface area (Å²) in [5.41, 5.74) is 3.18. The third kappa shape index (κ3) is 2.11. The summed E-state index contributed by atoms with van der Waals surface area (Å²) >= 11 is 0. The monoisotopic (exact) mass is 308 g/mol. The van der Waals surface area contributed by atoms with Crippen LogP contribution in [-0.4, -0.2) is 19.2 Å². The summed E-state index contributed by atoms with van der Waals surface area (Å²) in [5, 5.41) is 0. The second kappa shape index (κ2) is 5.50.